The summed E-state index contributed by atoms with van der Waals surface area (Å²) in [6.07, 6.45) is -1.39. The zero-order valence-corrected chi connectivity index (χ0v) is 26.8. The lowest BCUT2D eigenvalue weighted by Crippen LogP contribution is -2.62. The molecule has 5 heterocycles. The molecule has 0 saturated carbocycles. The lowest BCUT2D eigenvalue weighted by Gasteiger charge is -2.46. The van der Waals surface area contributed by atoms with Gasteiger partial charge in [0.15, 0.2) is 0 Å². The summed E-state index contributed by atoms with van der Waals surface area (Å²) in [5, 5.41) is 8.46. The van der Waals surface area contributed by atoms with Crippen LogP contribution in [0.1, 0.15) is 52.0 Å². The SMILES string of the molecule is Cc1ccccc1Cn1cc(CO[C@@H]2C[C@H]3C(=O)N4CCN(C5CCOCC5)C[C@H]4COc4ccc(C(F)(F)F)cc4C(=O)N3C2)nn1. The van der Waals surface area contributed by atoms with Crippen LogP contribution in [0.5, 0.6) is 5.75 Å². The summed E-state index contributed by atoms with van der Waals surface area (Å²) >= 11 is 0. The highest BCUT2D eigenvalue weighted by atomic mass is 19.4. The largest absolute Gasteiger partial charge is 0.491 e. The molecule has 0 spiro atoms. The van der Waals surface area contributed by atoms with Crippen molar-refractivity contribution in [1.29, 1.82) is 0 Å². The number of aromatic nitrogens is 3. The monoisotopic (exact) mass is 668 g/mol. The van der Waals surface area contributed by atoms with Crippen LogP contribution in [0.3, 0.4) is 0 Å². The first-order valence-electron chi connectivity index (χ1n) is 16.5. The smallest absolute Gasteiger partial charge is 0.416 e. The number of ether oxygens (including phenoxy) is 3. The van der Waals surface area contributed by atoms with Gasteiger partial charge in [-0.25, -0.2) is 4.68 Å². The van der Waals surface area contributed by atoms with E-state index in [0.29, 0.717) is 51.1 Å². The molecule has 2 amide bonds. The highest BCUT2D eigenvalue weighted by molar-refractivity contribution is 6.00. The van der Waals surface area contributed by atoms with Crippen LogP contribution in [0.2, 0.25) is 0 Å². The van der Waals surface area contributed by atoms with Crippen LogP contribution < -0.4 is 4.74 Å². The zero-order valence-electron chi connectivity index (χ0n) is 26.8. The molecule has 3 fully saturated rings. The molecule has 256 valence electrons. The van der Waals surface area contributed by atoms with Gasteiger partial charge in [0, 0.05) is 51.9 Å². The number of rotatable bonds is 6. The second kappa shape index (κ2) is 13.5. The normalized spacial score (nSPS) is 24.2. The van der Waals surface area contributed by atoms with E-state index in [1.165, 1.54) is 11.0 Å². The molecule has 2 aromatic carbocycles. The highest BCUT2D eigenvalue weighted by Gasteiger charge is 2.46. The van der Waals surface area contributed by atoms with Crippen molar-refractivity contribution in [2.24, 2.45) is 0 Å². The van der Waals surface area contributed by atoms with Gasteiger partial charge >= 0.3 is 6.18 Å². The molecule has 4 aliphatic heterocycles. The standard InChI is InChI=1S/C34H39F3N6O5/c1-22-4-2-3-5-23(22)16-41-17-25(38-39-41)20-47-28-15-30-33(45)42-11-10-40(26-8-12-46-13-9-26)18-27(42)21-48-31-7-6-24(34(35,36)37)14-29(31)32(44)43(30)19-28/h2-7,14,17,26-28,30H,8-13,15-16,18-21H2,1H3/t27-,28+,30-/m0/s1. The van der Waals surface area contributed by atoms with Gasteiger partial charge in [0.25, 0.3) is 5.91 Å². The number of halogens is 3. The van der Waals surface area contributed by atoms with E-state index < -0.39 is 29.8 Å². The molecule has 1 aromatic heterocycles. The van der Waals surface area contributed by atoms with Gasteiger partial charge in [-0.3, -0.25) is 14.5 Å². The van der Waals surface area contributed by atoms with Crippen LogP contribution in [0.25, 0.3) is 0 Å². The van der Waals surface area contributed by atoms with E-state index in [9.17, 15) is 22.8 Å². The van der Waals surface area contributed by atoms with Crippen LogP contribution in [0.15, 0.2) is 48.7 Å². The number of nitrogens with zero attached hydrogens (tertiary/aromatic N) is 6. The van der Waals surface area contributed by atoms with Crippen molar-refractivity contribution in [2.75, 3.05) is 46.0 Å². The first kappa shape index (κ1) is 32.5. The summed E-state index contributed by atoms with van der Waals surface area (Å²) in [5.41, 5.74) is 1.68. The van der Waals surface area contributed by atoms with Crippen molar-refractivity contribution in [1.82, 2.24) is 29.7 Å². The maximum absolute atomic E-state index is 14.2. The quantitative estimate of drug-likeness (QED) is 0.394. The first-order valence-corrected chi connectivity index (χ1v) is 16.5. The maximum Gasteiger partial charge on any atom is 0.416 e. The van der Waals surface area contributed by atoms with Gasteiger partial charge in [0.2, 0.25) is 5.91 Å². The Hall–Kier alpha value is -4.01. The van der Waals surface area contributed by atoms with Gasteiger partial charge in [-0.05, 0) is 49.1 Å². The average molecular weight is 669 g/mol. The van der Waals surface area contributed by atoms with Crippen molar-refractivity contribution in [3.8, 4) is 5.75 Å². The predicted octanol–water partition coefficient (Wildman–Crippen LogP) is 3.54. The Bertz CT molecular complexity index is 1640. The summed E-state index contributed by atoms with van der Waals surface area (Å²) in [5.74, 6) is -0.864. The van der Waals surface area contributed by atoms with E-state index in [4.69, 9.17) is 14.2 Å². The topological polar surface area (TPSA) is 102 Å². The molecular formula is C34H39F3N6O5. The highest BCUT2D eigenvalue weighted by Crippen LogP contribution is 2.36. The molecule has 0 bridgehead atoms. The van der Waals surface area contributed by atoms with E-state index in [0.717, 1.165) is 36.1 Å². The van der Waals surface area contributed by atoms with Gasteiger partial charge in [-0.15, -0.1) is 5.10 Å². The Kier molecular flexibility index (Phi) is 9.14. The molecule has 0 N–H and O–H groups in total. The molecule has 3 atom stereocenters. The number of carbonyl (C=O) groups excluding carboxylic acids is 2. The van der Waals surface area contributed by atoms with Crippen LogP contribution in [0.4, 0.5) is 13.2 Å². The van der Waals surface area contributed by atoms with E-state index in [1.807, 2.05) is 31.2 Å². The predicted molar refractivity (Wildman–Crippen MR) is 166 cm³/mol. The van der Waals surface area contributed by atoms with Crippen LogP contribution >= 0.6 is 0 Å². The lowest BCUT2D eigenvalue weighted by molar-refractivity contribution is -0.143. The Morgan fingerprint density at radius 1 is 1.00 bits per heavy atom. The molecule has 14 heteroatoms. The zero-order chi connectivity index (χ0) is 33.4. The summed E-state index contributed by atoms with van der Waals surface area (Å²) < 4.78 is 60.9. The third kappa shape index (κ3) is 6.78. The van der Waals surface area contributed by atoms with Crippen molar-refractivity contribution in [3.63, 3.8) is 0 Å². The lowest BCUT2D eigenvalue weighted by atomic mass is 10.0. The molecule has 48 heavy (non-hydrogen) atoms. The third-order valence-electron chi connectivity index (χ3n) is 9.93. The molecule has 3 aromatic rings. The summed E-state index contributed by atoms with van der Waals surface area (Å²) in [6.45, 7) is 5.84. The van der Waals surface area contributed by atoms with Crippen LogP contribution in [0, 0.1) is 6.92 Å². The number of hydrogen-bond donors (Lipinski definition) is 0. The number of hydrogen-bond acceptors (Lipinski definition) is 8. The van der Waals surface area contributed by atoms with Crippen molar-refractivity contribution < 1.29 is 37.0 Å². The van der Waals surface area contributed by atoms with Gasteiger partial charge in [0.05, 0.1) is 42.6 Å². The van der Waals surface area contributed by atoms with E-state index >= 15 is 0 Å². The van der Waals surface area contributed by atoms with Gasteiger partial charge in [-0.1, -0.05) is 29.5 Å². The van der Waals surface area contributed by atoms with Gasteiger partial charge in [-0.2, -0.15) is 13.2 Å². The van der Waals surface area contributed by atoms with E-state index in [2.05, 4.69) is 15.2 Å². The molecule has 3 saturated heterocycles. The van der Waals surface area contributed by atoms with Crippen LogP contribution in [-0.4, -0.2) is 112 Å². The fraction of sp³-hybridized carbons (Fsp3) is 0.529. The Morgan fingerprint density at radius 2 is 1.81 bits per heavy atom. The van der Waals surface area contributed by atoms with Crippen molar-refractivity contribution in [3.05, 3.63) is 76.6 Å². The van der Waals surface area contributed by atoms with Crippen molar-refractivity contribution >= 4 is 11.8 Å². The third-order valence-corrected chi connectivity index (χ3v) is 9.93. The molecule has 11 nitrogen and oxygen atoms in total. The van der Waals surface area contributed by atoms with E-state index in [1.54, 1.807) is 15.8 Å². The number of amides is 2. The minimum absolute atomic E-state index is 0.0367. The minimum Gasteiger partial charge on any atom is -0.491 e. The molecule has 4 aliphatic rings. The molecule has 0 aliphatic carbocycles. The fourth-order valence-electron chi connectivity index (χ4n) is 7.25. The second-order valence-corrected chi connectivity index (χ2v) is 13.0. The summed E-state index contributed by atoms with van der Waals surface area (Å²) in [7, 11) is 0. The van der Waals surface area contributed by atoms with Gasteiger partial charge in [0.1, 0.15) is 24.1 Å². The average Bonchev–Trinajstić information content (AvgIpc) is 3.73. The number of carbonyl (C=O) groups is 2. The molecule has 0 radical (unpaired) electrons. The Labute approximate surface area is 276 Å². The molecule has 0 unspecified atom stereocenters. The number of fused-ring (bicyclic) bond motifs is 3. The maximum atomic E-state index is 14.2. The number of piperazine rings is 1. The van der Waals surface area contributed by atoms with Gasteiger partial charge < -0.3 is 24.0 Å². The first-order chi connectivity index (χ1) is 23.1. The summed E-state index contributed by atoms with van der Waals surface area (Å²) in [4.78, 5) is 33.8. The van der Waals surface area contributed by atoms with Crippen molar-refractivity contribution in [2.45, 2.75) is 69.7 Å². The second-order valence-electron chi connectivity index (χ2n) is 13.0. The molecule has 7 rings (SSSR count). The number of aryl methyl sites for hydroxylation is 1. The number of benzene rings is 2. The minimum atomic E-state index is -4.66. The number of alkyl halides is 3. The Balaban J connectivity index is 1.12. The van der Waals surface area contributed by atoms with Crippen LogP contribution in [-0.2, 0) is 33.6 Å². The van der Waals surface area contributed by atoms with E-state index in [-0.39, 0.29) is 49.4 Å². The molecular weight excluding hydrogens is 629 g/mol. The fourth-order valence-corrected chi connectivity index (χ4v) is 7.25. The summed E-state index contributed by atoms with van der Waals surface area (Å²) in [6, 6.07) is 10.1. The Morgan fingerprint density at radius 3 is 2.60 bits per heavy atom.